The van der Waals surface area contributed by atoms with Gasteiger partial charge in [0.05, 0.1) is 5.56 Å². The number of benzene rings is 1. The lowest BCUT2D eigenvalue weighted by Crippen LogP contribution is -2.47. The Kier molecular flexibility index (Phi) is 6.54. The second kappa shape index (κ2) is 9.28. The van der Waals surface area contributed by atoms with Crippen LogP contribution >= 0.6 is 0 Å². The number of nitrogens with one attached hydrogen (secondary N) is 1. The van der Waals surface area contributed by atoms with E-state index in [0.717, 1.165) is 32.7 Å². The van der Waals surface area contributed by atoms with Gasteiger partial charge in [0.15, 0.2) is 0 Å². The van der Waals surface area contributed by atoms with Crippen LogP contribution in [0.2, 0.25) is 0 Å². The third kappa shape index (κ3) is 5.62. The van der Waals surface area contributed by atoms with Crippen LogP contribution in [0.3, 0.4) is 0 Å². The Morgan fingerprint density at radius 2 is 1.78 bits per heavy atom. The van der Waals surface area contributed by atoms with E-state index in [1.807, 2.05) is 19.9 Å². The van der Waals surface area contributed by atoms with Gasteiger partial charge in [0.2, 0.25) is 5.95 Å². The molecule has 6 nitrogen and oxygen atoms in total. The van der Waals surface area contributed by atoms with Crippen molar-refractivity contribution >= 4 is 17.9 Å². The van der Waals surface area contributed by atoms with Gasteiger partial charge >= 0.3 is 0 Å². The van der Waals surface area contributed by atoms with Crippen LogP contribution in [0.5, 0.6) is 0 Å². The topological polar surface area (TPSA) is 61.4 Å². The summed E-state index contributed by atoms with van der Waals surface area (Å²) in [6.07, 6.45) is 7.59. The van der Waals surface area contributed by atoms with Gasteiger partial charge in [0, 0.05) is 51.2 Å². The Hall–Kier alpha value is -2.73. The molecule has 1 aliphatic heterocycles. The van der Waals surface area contributed by atoms with Crippen LogP contribution in [0.25, 0.3) is 6.08 Å². The lowest BCUT2D eigenvalue weighted by atomic mass is 10.2. The number of amides is 1. The Morgan fingerprint density at radius 1 is 1.11 bits per heavy atom. The number of aromatic nitrogens is 2. The minimum absolute atomic E-state index is 0.0983. The minimum atomic E-state index is -0.133. The quantitative estimate of drug-likeness (QED) is 0.852. The molecule has 0 spiro atoms. The van der Waals surface area contributed by atoms with E-state index < -0.39 is 0 Å². The van der Waals surface area contributed by atoms with Crippen molar-refractivity contribution in [3.63, 3.8) is 0 Å². The number of anilines is 1. The van der Waals surface area contributed by atoms with E-state index in [0.29, 0.717) is 11.5 Å². The molecule has 6 heteroatoms. The first kappa shape index (κ1) is 19.0. The van der Waals surface area contributed by atoms with Crippen LogP contribution in [-0.2, 0) is 0 Å². The van der Waals surface area contributed by atoms with Gasteiger partial charge in [-0.2, -0.15) is 0 Å². The van der Waals surface area contributed by atoms with Gasteiger partial charge in [-0.05, 0) is 19.4 Å². The molecule has 0 unspecified atom stereocenters. The summed E-state index contributed by atoms with van der Waals surface area (Å²) < 4.78 is 0. The van der Waals surface area contributed by atoms with Gasteiger partial charge in [-0.15, -0.1) is 0 Å². The molecule has 0 radical (unpaired) electrons. The molecule has 0 bridgehead atoms. The second-order valence-electron chi connectivity index (χ2n) is 7.00. The zero-order chi connectivity index (χ0) is 19.1. The Labute approximate surface area is 160 Å². The molecular formula is C21H27N5O. The van der Waals surface area contributed by atoms with Gasteiger partial charge in [0.25, 0.3) is 5.91 Å². The van der Waals surface area contributed by atoms with Crippen LogP contribution in [0, 0.1) is 0 Å². The number of hydrogen-bond acceptors (Lipinski definition) is 5. The number of carbonyl (C=O) groups excluding carboxylic acids is 1. The molecule has 3 rings (SSSR count). The van der Waals surface area contributed by atoms with Crippen molar-refractivity contribution in [1.82, 2.24) is 20.2 Å². The number of nitrogens with zero attached hydrogens (tertiary/aromatic N) is 4. The second-order valence-corrected chi connectivity index (χ2v) is 7.00. The summed E-state index contributed by atoms with van der Waals surface area (Å²) in [6.45, 7) is 8.52. The maximum absolute atomic E-state index is 12.0. The van der Waals surface area contributed by atoms with E-state index in [1.165, 1.54) is 5.56 Å². The molecule has 1 aliphatic rings. The Bertz CT molecular complexity index is 750. The fourth-order valence-corrected chi connectivity index (χ4v) is 2.98. The molecular weight excluding hydrogens is 338 g/mol. The normalized spacial score (nSPS) is 15.4. The maximum Gasteiger partial charge on any atom is 0.254 e. The van der Waals surface area contributed by atoms with Crippen LogP contribution in [0.1, 0.15) is 29.8 Å². The molecule has 27 heavy (non-hydrogen) atoms. The van der Waals surface area contributed by atoms with Gasteiger partial charge in [-0.25, -0.2) is 9.97 Å². The van der Waals surface area contributed by atoms with E-state index in [1.54, 1.807) is 12.4 Å². The standard InChI is InChI=1S/C21H27N5O/c1-17(2)24-20(27)19-15-22-21(23-16-19)26-13-11-25(12-14-26)10-6-9-18-7-4-3-5-8-18/h3-9,15-17H,10-14H2,1-2H3,(H,24,27)/b9-6+. The fraction of sp³-hybridized carbons (Fsp3) is 0.381. The third-order valence-corrected chi connectivity index (χ3v) is 4.45. The van der Waals surface area contributed by atoms with Gasteiger partial charge in [0.1, 0.15) is 0 Å². The first-order valence-electron chi connectivity index (χ1n) is 9.43. The van der Waals surface area contributed by atoms with Crippen molar-refractivity contribution < 1.29 is 4.79 Å². The van der Waals surface area contributed by atoms with Crippen LogP contribution in [0.4, 0.5) is 5.95 Å². The predicted octanol–water partition coefficient (Wildman–Crippen LogP) is 2.45. The monoisotopic (exact) mass is 365 g/mol. The lowest BCUT2D eigenvalue weighted by Gasteiger charge is -2.34. The van der Waals surface area contributed by atoms with Gasteiger partial charge in [-0.3, -0.25) is 9.69 Å². The highest BCUT2D eigenvalue weighted by molar-refractivity contribution is 5.93. The molecule has 2 heterocycles. The molecule has 0 atom stereocenters. The molecule has 1 amide bonds. The van der Waals surface area contributed by atoms with Crippen molar-refractivity contribution in [2.24, 2.45) is 0 Å². The van der Waals surface area contributed by atoms with Crippen LogP contribution in [-0.4, -0.2) is 59.5 Å². The highest BCUT2D eigenvalue weighted by Crippen LogP contribution is 2.11. The van der Waals surface area contributed by atoms with Crippen LogP contribution < -0.4 is 10.2 Å². The molecule has 1 fully saturated rings. The number of carbonyl (C=O) groups is 1. The lowest BCUT2D eigenvalue weighted by molar-refractivity contribution is 0.0942. The van der Waals surface area contributed by atoms with Crippen molar-refractivity contribution in [1.29, 1.82) is 0 Å². The van der Waals surface area contributed by atoms with Crippen LogP contribution in [0.15, 0.2) is 48.8 Å². The molecule has 0 saturated carbocycles. The van der Waals surface area contributed by atoms with Gasteiger partial charge in [-0.1, -0.05) is 42.5 Å². The Morgan fingerprint density at radius 3 is 2.41 bits per heavy atom. The SMILES string of the molecule is CC(C)NC(=O)c1cnc(N2CCN(C/C=C/c3ccccc3)CC2)nc1. The minimum Gasteiger partial charge on any atom is -0.350 e. The molecule has 2 aromatic rings. The highest BCUT2D eigenvalue weighted by atomic mass is 16.1. The third-order valence-electron chi connectivity index (χ3n) is 4.45. The predicted molar refractivity (Wildman–Crippen MR) is 109 cm³/mol. The summed E-state index contributed by atoms with van der Waals surface area (Å²) in [5, 5.41) is 2.85. The summed E-state index contributed by atoms with van der Waals surface area (Å²) in [7, 11) is 0. The van der Waals surface area contributed by atoms with E-state index >= 15 is 0 Å². The molecule has 0 aliphatic carbocycles. The summed E-state index contributed by atoms with van der Waals surface area (Å²) in [5.41, 5.74) is 1.73. The zero-order valence-corrected chi connectivity index (χ0v) is 16.0. The first-order chi connectivity index (χ1) is 13.1. The van der Waals surface area contributed by atoms with Crippen molar-refractivity contribution in [3.05, 3.63) is 59.9 Å². The zero-order valence-electron chi connectivity index (χ0n) is 16.0. The average Bonchev–Trinajstić information content (AvgIpc) is 2.69. The summed E-state index contributed by atoms with van der Waals surface area (Å²) in [4.78, 5) is 25.3. The smallest absolute Gasteiger partial charge is 0.254 e. The maximum atomic E-state index is 12.0. The molecule has 142 valence electrons. The highest BCUT2D eigenvalue weighted by Gasteiger charge is 2.18. The van der Waals surface area contributed by atoms with E-state index in [-0.39, 0.29) is 11.9 Å². The first-order valence-corrected chi connectivity index (χ1v) is 9.43. The van der Waals surface area contributed by atoms with E-state index in [2.05, 4.69) is 61.5 Å². The number of hydrogen-bond donors (Lipinski definition) is 1. The average molecular weight is 365 g/mol. The van der Waals surface area contributed by atoms with Crippen molar-refractivity contribution in [2.75, 3.05) is 37.6 Å². The number of rotatable bonds is 6. The summed E-state index contributed by atoms with van der Waals surface area (Å²) in [5.74, 6) is 0.558. The number of piperazine rings is 1. The molecule has 1 aromatic carbocycles. The van der Waals surface area contributed by atoms with E-state index in [4.69, 9.17) is 0 Å². The summed E-state index contributed by atoms with van der Waals surface area (Å²) >= 11 is 0. The Balaban J connectivity index is 1.47. The molecule has 1 saturated heterocycles. The molecule has 1 aromatic heterocycles. The summed E-state index contributed by atoms with van der Waals surface area (Å²) in [6, 6.07) is 10.4. The molecule has 1 N–H and O–H groups in total. The van der Waals surface area contributed by atoms with Crippen molar-refractivity contribution in [2.45, 2.75) is 19.9 Å². The fourth-order valence-electron chi connectivity index (χ4n) is 2.98. The van der Waals surface area contributed by atoms with E-state index in [9.17, 15) is 4.79 Å². The largest absolute Gasteiger partial charge is 0.350 e. The van der Waals surface area contributed by atoms with Gasteiger partial charge < -0.3 is 10.2 Å². The van der Waals surface area contributed by atoms with Crippen molar-refractivity contribution in [3.8, 4) is 0 Å².